The lowest BCUT2D eigenvalue weighted by Crippen LogP contribution is -2.09. The van der Waals surface area contributed by atoms with Crippen LogP contribution >= 0.6 is 0 Å². The van der Waals surface area contributed by atoms with Crippen LogP contribution in [0.15, 0.2) is 29.2 Å². The van der Waals surface area contributed by atoms with Gasteiger partial charge in [0, 0.05) is 6.92 Å². The molecule has 0 fully saturated rings. The van der Waals surface area contributed by atoms with Crippen LogP contribution in [0.1, 0.15) is 6.92 Å². The van der Waals surface area contributed by atoms with E-state index in [9.17, 15) is 17.8 Å². The van der Waals surface area contributed by atoms with Gasteiger partial charge in [-0.2, -0.15) is 8.42 Å². The van der Waals surface area contributed by atoms with Crippen molar-refractivity contribution in [1.29, 1.82) is 0 Å². The van der Waals surface area contributed by atoms with Crippen molar-refractivity contribution in [2.24, 2.45) is 0 Å². The van der Waals surface area contributed by atoms with Crippen LogP contribution in [0.4, 0.5) is 5.69 Å². The molecule has 1 rings (SSSR count). The molecule has 5 nitrogen and oxygen atoms in total. The predicted molar refractivity (Wildman–Crippen MR) is 48.6 cm³/mol. The standard InChI is InChI=1S/C8H8NO4S/c1-6(10)9-7-4-2-3-5-8(7)14(11,12)13/h2-5H,1H3,(H,9,10). The highest BCUT2D eigenvalue weighted by atomic mass is 32.2. The summed E-state index contributed by atoms with van der Waals surface area (Å²) in [6.07, 6.45) is 0. The first-order valence-electron chi connectivity index (χ1n) is 3.74. The maximum atomic E-state index is 10.7. The highest BCUT2D eigenvalue weighted by Gasteiger charge is 2.16. The van der Waals surface area contributed by atoms with Gasteiger partial charge in [0.2, 0.25) is 5.91 Å². The molecule has 1 aromatic carbocycles. The molecule has 6 heteroatoms. The van der Waals surface area contributed by atoms with Crippen LogP contribution in [0.2, 0.25) is 0 Å². The van der Waals surface area contributed by atoms with Crippen LogP contribution < -0.4 is 5.32 Å². The predicted octanol–water partition coefficient (Wildman–Crippen LogP) is 0.764. The highest BCUT2D eigenvalue weighted by molar-refractivity contribution is 7.85. The Kier molecular flexibility index (Phi) is 2.87. The Bertz CT molecular complexity index is 452. The fourth-order valence-electron chi connectivity index (χ4n) is 0.978. The van der Waals surface area contributed by atoms with Gasteiger partial charge in [-0.3, -0.25) is 4.79 Å². The summed E-state index contributed by atoms with van der Waals surface area (Å²) < 4.78 is 32.2. The number of anilines is 1. The fourth-order valence-corrected chi connectivity index (χ4v) is 1.61. The molecule has 1 aromatic rings. The second-order valence-corrected chi connectivity index (χ2v) is 3.98. The number of hydrogen-bond acceptors (Lipinski definition) is 3. The van der Waals surface area contributed by atoms with E-state index in [4.69, 9.17) is 0 Å². The summed E-state index contributed by atoms with van der Waals surface area (Å²) in [5.74, 6) is -0.430. The molecular weight excluding hydrogens is 206 g/mol. The monoisotopic (exact) mass is 214 g/mol. The van der Waals surface area contributed by atoms with E-state index in [0.29, 0.717) is 0 Å². The Hall–Kier alpha value is -1.40. The van der Waals surface area contributed by atoms with E-state index in [0.717, 1.165) is 6.07 Å². The molecule has 1 radical (unpaired) electrons. The van der Waals surface area contributed by atoms with Gasteiger partial charge in [-0.15, -0.1) is 0 Å². The minimum absolute atomic E-state index is 0.00926. The molecule has 0 saturated heterocycles. The minimum atomic E-state index is -4.54. The minimum Gasteiger partial charge on any atom is -0.325 e. The maximum absolute atomic E-state index is 10.7. The van der Waals surface area contributed by atoms with Gasteiger partial charge in [0.1, 0.15) is 4.90 Å². The Morgan fingerprint density at radius 3 is 2.36 bits per heavy atom. The molecule has 0 bridgehead atoms. The average molecular weight is 214 g/mol. The van der Waals surface area contributed by atoms with Crippen LogP contribution in [0.5, 0.6) is 0 Å². The van der Waals surface area contributed by atoms with Crippen LogP contribution in [-0.2, 0) is 19.5 Å². The number of nitrogens with one attached hydrogen (secondary N) is 1. The second kappa shape index (κ2) is 3.77. The van der Waals surface area contributed by atoms with Gasteiger partial charge in [0.05, 0.1) is 5.69 Å². The smallest absolute Gasteiger partial charge is 0.325 e. The Labute approximate surface area is 81.5 Å². The van der Waals surface area contributed by atoms with Gasteiger partial charge < -0.3 is 5.32 Å². The molecule has 1 N–H and O–H groups in total. The van der Waals surface area contributed by atoms with Crippen molar-refractivity contribution in [2.75, 3.05) is 5.32 Å². The normalized spacial score (nSPS) is 11.0. The summed E-state index contributed by atoms with van der Waals surface area (Å²) in [7, 11) is -4.54. The molecule has 0 atom stereocenters. The van der Waals surface area contributed by atoms with Crippen LogP contribution in [0.3, 0.4) is 0 Å². The third kappa shape index (κ3) is 2.54. The first-order valence-corrected chi connectivity index (χ1v) is 5.14. The van der Waals surface area contributed by atoms with Gasteiger partial charge in [0.25, 0.3) is 0 Å². The molecule has 0 aliphatic carbocycles. The average Bonchev–Trinajstić information content (AvgIpc) is 2.01. The zero-order valence-corrected chi connectivity index (χ0v) is 8.17. The summed E-state index contributed by atoms with van der Waals surface area (Å²) in [5, 5.41) is 2.26. The van der Waals surface area contributed by atoms with Crippen LogP contribution in [-0.4, -0.2) is 14.3 Å². The van der Waals surface area contributed by atoms with E-state index >= 15 is 0 Å². The lowest BCUT2D eigenvalue weighted by molar-refractivity contribution is -0.114. The second-order valence-electron chi connectivity index (χ2n) is 2.63. The van der Waals surface area contributed by atoms with E-state index in [-0.39, 0.29) is 5.69 Å². The van der Waals surface area contributed by atoms with Crippen molar-refractivity contribution in [2.45, 2.75) is 11.8 Å². The van der Waals surface area contributed by atoms with E-state index in [2.05, 4.69) is 5.32 Å². The first kappa shape index (κ1) is 10.7. The largest absolute Gasteiger partial charge is 0.326 e. The highest BCUT2D eigenvalue weighted by Crippen LogP contribution is 2.20. The number of benzene rings is 1. The molecule has 0 aromatic heterocycles. The molecule has 0 unspecified atom stereocenters. The van der Waals surface area contributed by atoms with E-state index < -0.39 is 20.9 Å². The van der Waals surface area contributed by atoms with E-state index in [1.807, 2.05) is 0 Å². The zero-order valence-electron chi connectivity index (χ0n) is 7.35. The lowest BCUT2D eigenvalue weighted by atomic mass is 10.3. The SMILES string of the molecule is CC(=O)Nc1ccccc1S([O])(=O)=O. The maximum Gasteiger partial charge on any atom is 0.326 e. The molecule has 0 aliphatic rings. The van der Waals surface area contributed by atoms with E-state index in [1.165, 1.54) is 25.1 Å². The van der Waals surface area contributed by atoms with Crippen molar-refractivity contribution in [3.63, 3.8) is 0 Å². The summed E-state index contributed by atoms with van der Waals surface area (Å²) in [4.78, 5) is 10.3. The lowest BCUT2D eigenvalue weighted by Gasteiger charge is -2.05. The number of para-hydroxylation sites is 1. The molecule has 0 saturated carbocycles. The molecule has 0 aliphatic heterocycles. The van der Waals surface area contributed by atoms with Crippen molar-refractivity contribution >= 4 is 21.7 Å². The van der Waals surface area contributed by atoms with Crippen LogP contribution in [0, 0.1) is 0 Å². The quantitative estimate of drug-likeness (QED) is 0.789. The van der Waals surface area contributed by atoms with Gasteiger partial charge in [-0.1, -0.05) is 16.7 Å². The van der Waals surface area contributed by atoms with Crippen LogP contribution in [0.25, 0.3) is 0 Å². The number of rotatable bonds is 2. The fraction of sp³-hybridized carbons (Fsp3) is 0.125. The van der Waals surface area contributed by atoms with Crippen molar-refractivity contribution in [3.8, 4) is 0 Å². The Balaban J connectivity index is 3.23. The number of carbonyl (C=O) groups is 1. The third-order valence-corrected chi connectivity index (χ3v) is 2.36. The zero-order chi connectivity index (χ0) is 10.8. The number of hydrogen-bond donors (Lipinski definition) is 1. The summed E-state index contributed by atoms with van der Waals surface area (Å²) in [6, 6.07) is 5.44. The Morgan fingerprint density at radius 1 is 1.29 bits per heavy atom. The molecule has 0 spiro atoms. The van der Waals surface area contributed by atoms with Crippen molar-refractivity contribution in [3.05, 3.63) is 24.3 Å². The van der Waals surface area contributed by atoms with E-state index in [1.54, 1.807) is 0 Å². The van der Waals surface area contributed by atoms with Gasteiger partial charge in [-0.25, -0.2) is 0 Å². The van der Waals surface area contributed by atoms with Gasteiger partial charge in [0.15, 0.2) is 0 Å². The van der Waals surface area contributed by atoms with Crippen molar-refractivity contribution in [1.82, 2.24) is 0 Å². The number of carbonyl (C=O) groups excluding carboxylic acids is 1. The molecule has 14 heavy (non-hydrogen) atoms. The summed E-state index contributed by atoms with van der Waals surface area (Å²) >= 11 is 0. The summed E-state index contributed by atoms with van der Waals surface area (Å²) in [5.41, 5.74) is 0.00926. The molecule has 1 amide bonds. The topological polar surface area (TPSA) is 83.1 Å². The van der Waals surface area contributed by atoms with Crippen molar-refractivity contribution < 1.29 is 17.8 Å². The molecular formula is C8H8NO4S. The molecule has 0 heterocycles. The number of amides is 1. The van der Waals surface area contributed by atoms with Gasteiger partial charge >= 0.3 is 10.1 Å². The third-order valence-electron chi connectivity index (χ3n) is 1.47. The molecule has 75 valence electrons. The van der Waals surface area contributed by atoms with Gasteiger partial charge in [-0.05, 0) is 12.1 Å². The summed E-state index contributed by atoms with van der Waals surface area (Å²) in [6.45, 7) is 1.23. The Morgan fingerprint density at radius 2 is 1.86 bits per heavy atom. The first-order chi connectivity index (χ1) is 6.41.